The molecule has 0 unspecified atom stereocenters. The summed E-state index contributed by atoms with van der Waals surface area (Å²) >= 11 is 0. The first kappa shape index (κ1) is 18.3. The fraction of sp³-hybridized carbons (Fsp3) is 0.0435. The third-order valence-electron chi connectivity index (χ3n) is 4.40. The average Bonchev–Trinajstić information content (AvgIpc) is 3.18. The number of aromatic nitrogens is 1. The van der Waals surface area contributed by atoms with Gasteiger partial charge in [0.25, 0.3) is 0 Å². The van der Waals surface area contributed by atoms with Crippen LogP contribution in [-0.2, 0) is 0 Å². The molecule has 0 amide bonds. The molecule has 0 aliphatic heterocycles. The number of rotatable bonds is 5. The zero-order valence-corrected chi connectivity index (χ0v) is 15.7. The summed E-state index contributed by atoms with van der Waals surface area (Å²) in [5, 5.41) is 23.7. The molecule has 0 radical (unpaired) electrons. The Hall–Kier alpha value is -4.06. The van der Waals surface area contributed by atoms with Gasteiger partial charge in [0.15, 0.2) is 5.76 Å². The lowest BCUT2D eigenvalue weighted by atomic mass is 10.1. The van der Waals surface area contributed by atoms with E-state index in [1.54, 1.807) is 13.0 Å². The van der Waals surface area contributed by atoms with Crippen LogP contribution in [-0.4, -0.2) is 20.9 Å². The SMILES string of the molecule is C/C(=N\Nc1nc(-c2ccccc2)c(-c2ccccc2)o1)c1ccc(O)cc1O. The molecule has 6 nitrogen and oxygen atoms in total. The number of anilines is 1. The highest BCUT2D eigenvalue weighted by Crippen LogP contribution is 2.34. The van der Waals surface area contributed by atoms with Gasteiger partial charge in [0.1, 0.15) is 17.2 Å². The van der Waals surface area contributed by atoms with Crippen LogP contribution in [0.3, 0.4) is 0 Å². The minimum absolute atomic E-state index is 0.0142. The minimum Gasteiger partial charge on any atom is -0.508 e. The number of hydrogen-bond acceptors (Lipinski definition) is 6. The smallest absolute Gasteiger partial charge is 0.316 e. The molecule has 1 aromatic heterocycles. The molecule has 0 fully saturated rings. The molecule has 0 aliphatic carbocycles. The monoisotopic (exact) mass is 385 g/mol. The van der Waals surface area contributed by atoms with Crippen LogP contribution in [0.2, 0.25) is 0 Å². The number of oxazole rings is 1. The maximum Gasteiger partial charge on any atom is 0.316 e. The van der Waals surface area contributed by atoms with Gasteiger partial charge in [-0.25, -0.2) is 5.43 Å². The van der Waals surface area contributed by atoms with Crippen molar-refractivity contribution in [1.82, 2.24) is 4.98 Å². The van der Waals surface area contributed by atoms with Gasteiger partial charge in [-0.1, -0.05) is 60.7 Å². The van der Waals surface area contributed by atoms with Crippen molar-refractivity contribution in [3.05, 3.63) is 84.4 Å². The van der Waals surface area contributed by atoms with Gasteiger partial charge in [-0.3, -0.25) is 0 Å². The van der Waals surface area contributed by atoms with E-state index in [1.165, 1.54) is 12.1 Å². The Morgan fingerprint density at radius 1 is 0.897 bits per heavy atom. The van der Waals surface area contributed by atoms with Gasteiger partial charge >= 0.3 is 6.01 Å². The third-order valence-corrected chi connectivity index (χ3v) is 4.40. The maximum atomic E-state index is 10.00. The van der Waals surface area contributed by atoms with Crippen LogP contribution in [0.15, 0.2) is 88.4 Å². The van der Waals surface area contributed by atoms with Crippen molar-refractivity contribution in [3.8, 4) is 34.1 Å². The topological polar surface area (TPSA) is 90.9 Å². The molecule has 0 bridgehead atoms. The van der Waals surface area contributed by atoms with Crippen LogP contribution in [0.4, 0.5) is 6.01 Å². The van der Waals surface area contributed by atoms with E-state index in [2.05, 4.69) is 15.5 Å². The molecule has 6 heteroatoms. The number of benzene rings is 3. The first-order valence-electron chi connectivity index (χ1n) is 9.06. The van der Waals surface area contributed by atoms with Crippen LogP contribution >= 0.6 is 0 Å². The van der Waals surface area contributed by atoms with Crippen molar-refractivity contribution in [2.75, 3.05) is 5.43 Å². The van der Waals surface area contributed by atoms with Crippen LogP contribution < -0.4 is 5.43 Å². The first-order chi connectivity index (χ1) is 14.1. The van der Waals surface area contributed by atoms with Crippen molar-refractivity contribution >= 4 is 11.7 Å². The molecule has 0 spiro atoms. The summed E-state index contributed by atoms with van der Waals surface area (Å²) in [6, 6.07) is 24.1. The number of phenolic OH excluding ortho intramolecular Hbond substituents is 2. The second-order valence-electron chi connectivity index (χ2n) is 6.44. The Kier molecular flexibility index (Phi) is 4.99. The minimum atomic E-state index is -0.0598. The van der Waals surface area contributed by atoms with Gasteiger partial charge in [-0.2, -0.15) is 10.1 Å². The number of phenols is 2. The number of aromatic hydroxyl groups is 2. The summed E-state index contributed by atoms with van der Waals surface area (Å²) in [7, 11) is 0. The van der Waals surface area contributed by atoms with Gasteiger partial charge in [-0.15, -0.1) is 0 Å². The second-order valence-corrected chi connectivity index (χ2v) is 6.44. The highest BCUT2D eigenvalue weighted by Gasteiger charge is 2.16. The number of hydrazone groups is 1. The lowest BCUT2D eigenvalue weighted by molar-refractivity contribution is 0.450. The van der Waals surface area contributed by atoms with E-state index in [0.717, 1.165) is 11.1 Å². The normalized spacial score (nSPS) is 11.4. The summed E-state index contributed by atoms with van der Waals surface area (Å²) in [4.78, 5) is 4.57. The molecular weight excluding hydrogens is 366 g/mol. The van der Waals surface area contributed by atoms with E-state index in [4.69, 9.17) is 4.42 Å². The molecule has 0 aliphatic rings. The highest BCUT2D eigenvalue weighted by atomic mass is 16.4. The third kappa shape index (κ3) is 3.96. The number of nitrogens with zero attached hydrogens (tertiary/aromatic N) is 2. The van der Waals surface area contributed by atoms with Gasteiger partial charge < -0.3 is 14.6 Å². The molecule has 0 saturated heterocycles. The standard InChI is InChI=1S/C23H19N3O3/c1-15(19-13-12-18(27)14-20(19)28)25-26-23-24-21(16-8-4-2-5-9-16)22(29-23)17-10-6-3-7-11-17/h2-14,27-28H,1H3,(H,24,26)/b25-15+. The van der Waals surface area contributed by atoms with Crippen molar-refractivity contribution in [3.63, 3.8) is 0 Å². The van der Waals surface area contributed by atoms with Crippen LogP contribution in [0.5, 0.6) is 11.5 Å². The number of nitrogens with one attached hydrogen (secondary N) is 1. The summed E-state index contributed by atoms with van der Waals surface area (Å²) in [6.07, 6.45) is 0. The van der Waals surface area contributed by atoms with E-state index < -0.39 is 0 Å². The van der Waals surface area contributed by atoms with E-state index in [0.29, 0.717) is 22.7 Å². The van der Waals surface area contributed by atoms with Crippen LogP contribution in [0.1, 0.15) is 12.5 Å². The zero-order valence-electron chi connectivity index (χ0n) is 15.7. The van der Waals surface area contributed by atoms with Crippen molar-refractivity contribution in [2.24, 2.45) is 5.10 Å². The number of hydrogen-bond donors (Lipinski definition) is 3. The Morgan fingerprint density at radius 2 is 1.55 bits per heavy atom. The van der Waals surface area contributed by atoms with Gasteiger partial charge in [0.05, 0.1) is 5.71 Å². The summed E-state index contributed by atoms with van der Waals surface area (Å²) < 4.78 is 5.96. The van der Waals surface area contributed by atoms with Gasteiger partial charge in [-0.05, 0) is 19.1 Å². The van der Waals surface area contributed by atoms with Crippen LogP contribution in [0, 0.1) is 0 Å². The van der Waals surface area contributed by atoms with E-state index in [-0.39, 0.29) is 17.5 Å². The molecule has 4 aromatic rings. The summed E-state index contributed by atoms with van der Waals surface area (Å²) in [6.45, 7) is 1.73. The van der Waals surface area contributed by atoms with E-state index >= 15 is 0 Å². The lowest BCUT2D eigenvalue weighted by Gasteiger charge is -2.04. The summed E-state index contributed by atoms with van der Waals surface area (Å²) in [5.74, 6) is 0.565. The molecule has 3 N–H and O–H groups in total. The van der Waals surface area contributed by atoms with Gasteiger partial charge in [0.2, 0.25) is 0 Å². The highest BCUT2D eigenvalue weighted by molar-refractivity contribution is 6.01. The maximum absolute atomic E-state index is 10.00. The lowest BCUT2D eigenvalue weighted by Crippen LogP contribution is -2.00. The van der Waals surface area contributed by atoms with Crippen LogP contribution in [0.25, 0.3) is 22.6 Å². The molecule has 1 heterocycles. The predicted octanol–water partition coefficient (Wildman–Crippen LogP) is 5.26. The Bertz CT molecular complexity index is 1100. The predicted molar refractivity (Wildman–Crippen MR) is 113 cm³/mol. The van der Waals surface area contributed by atoms with Crippen molar-refractivity contribution in [2.45, 2.75) is 6.92 Å². The molecule has 0 saturated carbocycles. The second kappa shape index (κ2) is 7.90. The van der Waals surface area contributed by atoms with E-state index in [9.17, 15) is 10.2 Å². The largest absolute Gasteiger partial charge is 0.508 e. The van der Waals surface area contributed by atoms with E-state index in [1.807, 2.05) is 60.7 Å². The fourth-order valence-corrected chi connectivity index (χ4v) is 2.96. The van der Waals surface area contributed by atoms with Crippen molar-refractivity contribution < 1.29 is 14.6 Å². The Labute approximate surface area is 167 Å². The Morgan fingerprint density at radius 3 is 2.21 bits per heavy atom. The fourth-order valence-electron chi connectivity index (χ4n) is 2.96. The molecule has 29 heavy (non-hydrogen) atoms. The summed E-state index contributed by atoms with van der Waals surface area (Å²) in [5.41, 5.74) is 6.38. The van der Waals surface area contributed by atoms with Gasteiger partial charge in [0, 0.05) is 22.8 Å². The molecular formula is C23H19N3O3. The molecule has 144 valence electrons. The molecule has 0 atom stereocenters. The quantitative estimate of drug-likeness (QED) is 0.322. The first-order valence-corrected chi connectivity index (χ1v) is 9.06. The molecule has 3 aromatic carbocycles. The zero-order chi connectivity index (χ0) is 20.2. The van der Waals surface area contributed by atoms with Crippen molar-refractivity contribution in [1.29, 1.82) is 0 Å². The average molecular weight is 385 g/mol. The Balaban J connectivity index is 1.69. The molecule has 4 rings (SSSR count).